The third-order valence-electron chi connectivity index (χ3n) is 18.4. The quantitative estimate of drug-likeness (QED) is 0.115. The van der Waals surface area contributed by atoms with Crippen molar-refractivity contribution in [3.8, 4) is 66.8 Å². The molecule has 0 fully saturated rings. The van der Waals surface area contributed by atoms with E-state index < -0.39 is 0 Å². The van der Waals surface area contributed by atoms with Gasteiger partial charge in [-0.25, -0.2) is 0 Å². The van der Waals surface area contributed by atoms with Crippen molar-refractivity contribution >= 4 is 108 Å². The van der Waals surface area contributed by atoms with E-state index in [1.165, 1.54) is 174 Å². The minimum Gasteiger partial charge on any atom is -0.0616 e. The minimum absolute atomic E-state index is 1.23. The summed E-state index contributed by atoms with van der Waals surface area (Å²) in [4.78, 5) is 0. The van der Waals surface area contributed by atoms with Crippen LogP contribution >= 0.6 is 0 Å². The molecule has 0 spiro atoms. The molecule has 0 bridgehead atoms. The first-order valence-electron chi connectivity index (χ1n) is 30.6. The van der Waals surface area contributed by atoms with Crippen molar-refractivity contribution in [2.75, 3.05) is 0 Å². The Hall–Kier alpha value is -11.4. The molecule has 0 aliphatic rings. The topological polar surface area (TPSA) is 0 Å². The molecule has 0 atom stereocenters. The van der Waals surface area contributed by atoms with Crippen LogP contribution in [0.3, 0.4) is 0 Å². The maximum absolute atomic E-state index is 2.39. The van der Waals surface area contributed by atoms with Gasteiger partial charge < -0.3 is 0 Å². The molecule has 18 aromatic carbocycles. The number of hydrogen-bond acceptors (Lipinski definition) is 0. The van der Waals surface area contributed by atoms with Crippen molar-refractivity contribution in [1.29, 1.82) is 0 Å². The summed E-state index contributed by atoms with van der Waals surface area (Å²) in [7, 11) is 0. The van der Waals surface area contributed by atoms with Gasteiger partial charge in [-0.15, -0.1) is 0 Å². The predicted octanol–water partition coefficient (Wildman–Crippen LogP) is 24.9. The fourth-order valence-electron chi connectivity index (χ4n) is 14.5. The first-order valence-corrected chi connectivity index (χ1v) is 30.6. The Balaban J connectivity index is 0.000000137. The lowest BCUT2D eigenvalue weighted by Crippen LogP contribution is -1.92. The fraction of sp³-hybridized carbons (Fsp3) is 0. The number of hydrogen-bond donors (Lipinski definition) is 0. The highest BCUT2D eigenvalue weighted by molar-refractivity contribution is 6.25. The number of fused-ring (bicyclic) bond motifs is 12. The second kappa shape index (κ2) is 21.3. The number of benzene rings is 18. The zero-order valence-corrected chi connectivity index (χ0v) is 48.3. The Bertz CT molecular complexity index is 5690. The van der Waals surface area contributed by atoms with E-state index in [4.69, 9.17) is 0 Å². The number of rotatable bonds is 6. The van der Waals surface area contributed by atoms with Gasteiger partial charge in [-0.3, -0.25) is 0 Å². The van der Waals surface area contributed by atoms with Crippen molar-refractivity contribution in [1.82, 2.24) is 0 Å². The Morgan fingerprint density at radius 2 is 0.432 bits per heavy atom. The van der Waals surface area contributed by atoms with Gasteiger partial charge >= 0.3 is 0 Å². The minimum atomic E-state index is 1.23. The molecule has 0 aromatic heterocycles. The normalized spacial score (nSPS) is 11.6. The van der Waals surface area contributed by atoms with Crippen molar-refractivity contribution in [3.63, 3.8) is 0 Å². The summed E-state index contributed by atoms with van der Waals surface area (Å²) in [5.74, 6) is 0. The first kappa shape index (κ1) is 51.0. The van der Waals surface area contributed by atoms with Crippen LogP contribution in [-0.4, -0.2) is 0 Å². The highest BCUT2D eigenvalue weighted by Gasteiger charge is 2.21. The van der Waals surface area contributed by atoms with Crippen LogP contribution in [0.1, 0.15) is 0 Å². The van der Waals surface area contributed by atoms with Crippen LogP contribution in [0, 0.1) is 0 Å². The molecule has 0 radical (unpaired) electrons. The van der Waals surface area contributed by atoms with Crippen LogP contribution in [0.25, 0.3) is 174 Å². The van der Waals surface area contributed by atoms with E-state index in [0.29, 0.717) is 0 Å². The molecule has 0 aliphatic carbocycles. The lowest BCUT2D eigenvalue weighted by atomic mass is 9.84. The molecule has 0 nitrogen and oxygen atoms in total. The summed E-state index contributed by atoms with van der Waals surface area (Å²) < 4.78 is 0. The van der Waals surface area contributed by atoms with Gasteiger partial charge in [0, 0.05) is 0 Å². The van der Waals surface area contributed by atoms with Crippen molar-refractivity contribution in [2.24, 2.45) is 0 Å². The maximum Gasteiger partial charge on any atom is -0.00201 e. The van der Waals surface area contributed by atoms with E-state index in [1.807, 2.05) is 0 Å². The Kier molecular flexibility index (Phi) is 12.3. The summed E-state index contributed by atoms with van der Waals surface area (Å²) in [5.41, 5.74) is 15.2. The Labute approximate surface area is 511 Å². The molecule has 0 unspecified atom stereocenters. The van der Waals surface area contributed by atoms with E-state index in [2.05, 4.69) is 340 Å². The van der Waals surface area contributed by atoms with Crippen molar-refractivity contribution < 1.29 is 0 Å². The standard InChI is InChI=1S/2C44H28/c1-3-18-33-29(13-1)15-12-26-37(33)44-40-24-9-7-22-38(40)43(39-23-8-10-25-41(39)44)32-17-11-16-30(27-32)42-28-31-14-2-4-19-34(31)35-20-5-6-21-36(35)42;1-2-12-32-27-34(26-21-29(32)11-1)44-40-19-9-7-17-38(40)43(39-18-8-10-20-41(39)44)31-24-22-30(23-25-31)42-28-33-13-3-4-14-35(33)36-15-5-6-16-37(36)42/h2*1-28H. The van der Waals surface area contributed by atoms with Gasteiger partial charge in [0.1, 0.15) is 0 Å². The summed E-state index contributed by atoms with van der Waals surface area (Å²) in [6.45, 7) is 0. The monoisotopic (exact) mass is 1110 g/mol. The van der Waals surface area contributed by atoms with E-state index in [9.17, 15) is 0 Å². The molecule has 0 saturated carbocycles. The van der Waals surface area contributed by atoms with Gasteiger partial charge in [-0.1, -0.05) is 315 Å². The third-order valence-corrected chi connectivity index (χ3v) is 18.4. The van der Waals surface area contributed by atoms with Gasteiger partial charge in [0.05, 0.1) is 0 Å². The first-order chi connectivity index (χ1) is 43.7. The Morgan fingerprint density at radius 1 is 0.114 bits per heavy atom. The van der Waals surface area contributed by atoms with Crippen molar-refractivity contribution in [3.05, 3.63) is 340 Å². The average Bonchev–Trinajstić information content (AvgIpc) is 0.881. The smallest absolute Gasteiger partial charge is 0.00201 e. The fourth-order valence-corrected chi connectivity index (χ4v) is 14.5. The Morgan fingerprint density at radius 3 is 0.943 bits per heavy atom. The van der Waals surface area contributed by atoms with Crippen LogP contribution in [0.15, 0.2) is 340 Å². The lowest BCUT2D eigenvalue weighted by molar-refractivity contribution is 1.64. The molecular weight excluding hydrogens is 1060 g/mol. The highest BCUT2D eigenvalue weighted by atomic mass is 14.2. The van der Waals surface area contributed by atoms with E-state index in [-0.39, 0.29) is 0 Å². The predicted molar refractivity (Wildman–Crippen MR) is 381 cm³/mol. The van der Waals surface area contributed by atoms with E-state index >= 15 is 0 Å². The van der Waals surface area contributed by atoms with Gasteiger partial charge in [-0.05, 0) is 199 Å². The molecule has 0 saturated heterocycles. The summed E-state index contributed by atoms with van der Waals surface area (Å²) in [6.07, 6.45) is 0. The zero-order chi connectivity index (χ0) is 58.1. The SMILES string of the molecule is c1cc(-c2c3ccccc3c(-c3cccc4ccccc34)c3ccccc23)cc(-c2cc3ccccc3c3ccccc23)c1.c1ccc2cc(-c3c4ccccc4c(-c4ccc(-c5cc6ccccc6c6ccccc56)cc4)c4ccccc34)ccc2c1. The van der Waals surface area contributed by atoms with Gasteiger partial charge in [0.25, 0.3) is 0 Å². The van der Waals surface area contributed by atoms with E-state index in [1.54, 1.807) is 0 Å². The third kappa shape index (κ3) is 8.52. The van der Waals surface area contributed by atoms with Crippen LogP contribution < -0.4 is 0 Å². The molecule has 0 heteroatoms. The molecule has 18 aromatic rings. The lowest BCUT2D eigenvalue weighted by Gasteiger charge is -2.19. The molecule has 0 aliphatic heterocycles. The maximum atomic E-state index is 2.39. The molecule has 0 heterocycles. The molecule has 88 heavy (non-hydrogen) atoms. The zero-order valence-electron chi connectivity index (χ0n) is 48.3. The second-order valence-corrected chi connectivity index (χ2v) is 23.3. The van der Waals surface area contributed by atoms with E-state index in [0.717, 1.165) is 0 Å². The average molecular weight is 1110 g/mol. The molecular formula is C88H56. The van der Waals surface area contributed by atoms with Crippen LogP contribution in [0.4, 0.5) is 0 Å². The second-order valence-electron chi connectivity index (χ2n) is 23.3. The van der Waals surface area contributed by atoms with Crippen LogP contribution in [0.2, 0.25) is 0 Å². The van der Waals surface area contributed by atoms with Crippen LogP contribution in [-0.2, 0) is 0 Å². The molecule has 18 rings (SSSR count). The van der Waals surface area contributed by atoms with Crippen molar-refractivity contribution in [2.45, 2.75) is 0 Å². The van der Waals surface area contributed by atoms with Gasteiger partial charge in [0.15, 0.2) is 0 Å². The summed E-state index contributed by atoms with van der Waals surface area (Å²) >= 11 is 0. The summed E-state index contributed by atoms with van der Waals surface area (Å²) in [6, 6.07) is 125. The largest absolute Gasteiger partial charge is 0.0616 e. The van der Waals surface area contributed by atoms with Gasteiger partial charge in [0.2, 0.25) is 0 Å². The highest BCUT2D eigenvalue weighted by Crippen LogP contribution is 2.48. The summed E-state index contributed by atoms with van der Waals surface area (Å²) in [5, 5.41) is 25.6. The molecule has 0 amide bonds. The van der Waals surface area contributed by atoms with Crippen LogP contribution in [0.5, 0.6) is 0 Å². The molecule has 0 N–H and O–H groups in total. The molecule has 408 valence electrons. The van der Waals surface area contributed by atoms with Gasteiger partial charge in [-0.2, -0.15) is 0 Å².